The monoisotopic (exact) mass is 190 g/mol. The van der Waals surface area contributed by atoms with E-state index in [0.29, 0.717) is 12.8 Å². The molecule has 2 atom stereocenters. The molecule has 1 fully saturated rings. The van der Waals surface area contributed by atoms with Crippen molar-refractivity contribution in [2.45, 2.75) is 25.7 Å². The first-order valence-corrected chi connectivity index (χ1v) is 4.43. The van der Waals surface area contributed by atoms with E-state index in [1.165, 1.54) is 0 Å². The van der Waals surface area contributed by atoms with Crippen molar-refractivity contribution in [1.82, 2.24) is 0 Å². The Labute approximate surface area is 75.7 Å². The molecule has 0 aromatic rings. The largest absolute Gasteiger partial charge is 0.481 e. The lowest BCUT2D eigenvalue weighted by Gasteiger charge is -2.24. The maximum atomic E-state index is 10.8. The molecule has 1 rings (SSSR count). The minimum atomic E-state index is -0.895. The molecule has 1 saturated carbocycles. The highest BCUT2D eigenvalue weighted by molar-refractivity contribution is 6.64. The van der Waals surface area contributed by atoms with Gasteiger partial charge in [-0.1, -0.05) is 12.8 Å². The van der Waals surface area contributed by atoms with Crippen molar-refractivity contribution < 1.29 is 14.7 Å². The number of carboxylic acid groups (broad SMARTS) is 1. The minimum Gasteiger partial charge on any atom is -0.481 e. The summed E-state index contributed by atoms with van der Waals surface area (Å²) in [5, 5.41) is 8.25. The maximum absolute atomic E-state index is 10.8. The predicted octanol–water partition coefficient (Wildman–Crippen LogP) is 1.64. The lowest BCUT2D eigenvalue weighted by Crippen LogP contribution is -2.30. The Kier molecular flexibility index (Phi) is 3.09. The molecule has 0 bridgehead atoms. The normalized spacial score (nSPS) is 29.8. The smallest absolute Gasteiger partial charge is 0.307 e. The Bertz CT molecular complexity index is 180. The molecule has 0 aliphatic heterocycles. The van der Waals surface area contributed by atoms with Crippen molar-refractivity contribution >= 4 is 22.8 Å². The van der Waals surface area contributed by atoms with Crippen LogP contribution in [0.4, 0.5) is 0 Å². The summed E-state index contributed by atoms with van der Waals surface area (Å²) in [4.78, 5) is 21.5. The third kappa shape index (κ3) is 1.97. The molecule has 0 aromatic carbocycles. The van der Waals surface area contributed by atoms with E-state index in [2.05, 4.69) is 0 Å². The van der Waals surface area contributed by atoms with Gasteiger partial charge in [-0.05, 0) is 24.4 Å². The van der Waals surface area contributed by atoms with E-state index in [1.807, 2.05) is 0 Å². The standard InChI is InChI=1S/C8H11ClO3/c9-7(10)5-3-1-2-4-6(5)8(11)12/h5-6H,1-4H2,(H,11,12)/t5-,6+/m1/s1. The molecule has 0 heterocycles. The first-order valence-electron chi connectivity index (χ1n) is 4.05. The van der Waals surface area contributed by atoms with Crippen LogP contribution in [0.5, 0.6) is 0 Å². The highest BCUT2D eigenvalue weighted by Crippen LogP contribution is 2.31. The zero-order chi connectivity index (χ0) is 9.14. The van der Waals surface area contributed by atoms with Gasteiger partial charge in [0.2, 0.25) is 5.24 Å². The molecular weight excluding hydrogens is 180 g/mol. The number of carbonyl (C=O) groups excluding carboxylic acids is 1. The average molecular weight is 191 g/mol. The van der Waals surface area contributed by atoms with Gasteiger partial charge in [-0.15, -0.1) is 0 Å². The number of halogens is 1. The van der Waals surface area contributed by atoms with Gasteiger partial charge >= 0.3 is 5.97 Å². The Hall–Kier alpha value is -0.570. The molecule has 1 aliphatic rings. The second-order valence-electron chi connectivity index (χ2n) is 3.14. The zero-order valence-electron chi connectivity index (χ0n) is 6.62. The number of carbonyl (C=O) groups is 2. The Morgan fingerprint density at radius 2 is 1.67 bits per heavy atom. The van der Waals surface area contributed by atoms with E-state index in [4.69, 9.17) is 16.7 Å². The van der Waals surface area contributed by atoms with E-state index in [0.717, 1.165) is 12.8 Å². The van der Waals surface area contributed by atoms with Gasteiger partial charge in [0.25, 0.3) is 0 Å². The van der Waals surface area contributed by atoms with Crippen LogP contribution in [-0.4, -0.2) is 16.3 Å². The predicted molar refractivity (Wildman–Crippen MR) is 43.9 cm³/mol. The van der Waals surface area contributed by atoms with Crippen molar-refractivity contribution in [3.63, 3.8) is 0 Å². The zero-order valence-corrected chi connectivity index (χ0v) is 7.38. The topological polar surface area (TPSA) is 54.4 Å². The van der Waals surface area contributed by atoms with Crippen LogP contribution in [0.15, 0.2) is 0 Å². The van der Waals surface area contributed by atoms with Crippen LogP contribution in [0.1, 0.15) is 25.7 Å². The van der Waals surface area contributed by atoms with Crippen molar-refractivity contribution in [3.05, 3.63) is 0 Å². The Balaban J connectivity index is 2.67. The van der Waals surface area contributed by atoms with Crippen molar-refractivity contribution in [3.8, 4) is 0 Å². The summed E-state index contributed by atoms with van der Waals surface area (Å²) >= 11 is 5.29. The number of hydrogen-bond acceptors (Lipinski definition) is 2. The van der Waals surface area contributed by atoms with Gasteiger partial charge in [-0.25, -0.2) is 0 Å². The second kappa shape index (κ2) is 3.90. The van der Waals surface area contributed by atoms with Crippen LogP contribution in [0, 0.1) is 11.8 Å². The first-order chi connectivity index (χ1) is 5.63. The summed E-state index contributed by atoms with van der Waals surface area (Å²) in [5.74, 6) is -1.91. The molecule has 0 radical (unpaired) electrons. The summed E-state index contributed by atoms with van der Waals surface area (Å²) < 4.78 is 0. The summed E-state index contributed by atoms with van der Waals surface area (Å²) in [5.41, 5.74) is 0. The molecule has 68 valence electrons. The Morgan fingerprint density at radius 1 is 1.17 bits per heavy atom. The van der Waals surface area contributed by atoms with Gasteiger partial charge in [0.05, 0.1) is 5.92 Å². The summed E-state index contributed by atoms with van der Waals surface area (Å²) in [6.45, 7) is 0. The minimum absolute atomic E-state index is 0.460. The number of hydrogen-bond donors (Lipinski definition) is 1. The molecular formula is C8H11ClO3. The lowest BCUT2D eigenvalue weighted by molar-refractivity contribution is -0.147. The van der Waals surface area contributed by atoms with Gasteiger partial charge < -0.3 is 5.11 Å². The van der Waals surface area contributed by atoms with Crippen LogP contribution < -0.4 is 0 Å². The van der Waals surface area contributed by atoms with Gasteiger partial charge in [0, 0.05) is 5.92 Å². The first kappa shape index (κ1) is 9.52. The van der Waals surface area contributed by atoms with Gasteiger partial charge in [-0.3, -0.25) is 9.59 Å². The molecule has 0 saturated heterocycles. The average Bonchev–Trinajstić information content (AvgIpc) is 2.04. The van der Waals surface area contributed by atoms with E-state index in [-0.39, 0.29) is 0 Å². The molecule has 1 N–H and O–H groups in total. The van der Waals surface area contributed by atoms with Crippen LogP contribution in [0.25, 0.3) is 0 Å². The number of rotatable bonds is 2. The highest BCUT2D eigenvalue weighted by atomic mass is 35.5. The molecule has 1 aliphatic carbocycles. The van der Waals surface area contributed by atoms with Gasteiger partial charge in [0.15, 0.2) is 0 Å². The van der Waals surface area contributed by atoms with Crippen LogP contribution in [0.2, 0.25) is 0 Å². The second-order valence-corrected chi connectivity index (χ2v) is 3.51. The SMILES string of the molecule is O=C(O)[C@H]1CCCC[C@H]1C(=O)Cl. The summed E-state index contributed by atoms with van der Waals surface area (Å²) in [6.07, 6.45) is 3.00. The fourth-order valence-electron chi connectivity index (χ4n) is 1.70. The number of aliphatic carboxylic acids is 1. The van der Waals surface area contributed by atoms with E-state index in [9.17, 15) is 9.59 Å². The van der Waals surface area contributed by atoms with E-state index < -0.39 is 23.0 Å². The van der Waals surface area contributed by atoms with Crippen molar-refractivity contribution in [2.24, 2.45) is 11.8 Å². The van der Waals surface area contributed by atoms with Crippen molar-refractivity contribution in [2.75, 3.05) is 0 Å². The molecule has 4 heteroatoms. The van der Waals surface area contributed by atoms with E-state index >= 15 is 0 Å². The fourth-order valence-corrected chi connectivity index (χ4v) is 1.96. The van der Waals surface area contributed by atoms with Crippen LogP contribution in [0.3, 0.4) is 0 Å². The van der Waals surface area contributed by atoms with Gasteiger partial charge in [-0.2, -0.15) is 0 Å². The molecule has 12 heavy (non-hydrogen) atoms. The highest BCUT2D eigenvalue weighted by Gasteiger charge is 2.34. The Morgan fingerprint density at radius 3 is 2.00 bits per heavy atom. The molecule has 0 amide bonds. The summed E-state index contributed by atoms with van der Waals surface area (Å²) in [6, 6.07) is 0. The third-order valence-electron chi connectivity index (χ3n) is 2.37. The third-order valence-corrected chi connectivity index (χ3v) is 2.65. The van der Waals surface area contributed by atoms with Crippen molar-refractivity contribution in [1.29, 1.82) is 0 Å². The molecule has 0 unspecified atom stereocenters. The fraction of sp³-hybridized carbons (Fsp3) is 0.750. The summed E-state index contributed by atoms with van der Waals surface area (Å²) in [7, 11) is 0. The van der Waals surface area contributed by atoms with Crippen LogP contribution in [-0.2, 0) is 9.59 Å². The maximum Gasteiger partial charge on any atom is 0.307 e. The molecule has 3 nitrogen and oxygen atoms in total. The van der Waals surface area contributed by atoms with Gasteiger partial charge in [0.1, 0.15) is 0 Å². The molecule has 0 aromatic heterocycles. The lowest BCUT2D eigenvalue weighted by atomic mass is 9.80. The quantitative estimate of drug-likeness (QED) is 0.674. The number of carboxylic acids is 1. The van der Waals surface area contributed by atoms with E-state index in [1.54, 1.807) is 0 Å². The molecule has 0 spiro atoms. The van der Waals surface area contributed by atoms with Crippen LogP contribution >= 0.6 is 11.6 Å².